The first-order valence-electron chi connectivity index (χ1n) is 8.73. The molecule has 0 spiro atoms. The van der Waals surface area contributed by atoms with Gasteiger partial charge in [-0.3, -0.25) is 5.32 Å². The molecular formula is C18H23Cl2N5O2. The number of rotatable bonds is 3. The molecule has 9 heteroatoms. The summed E-state index contributed by atoms with van der Waals surface area (Å²) >= 11 is 11.8. The summed E-state index contributed by atoms with van der Waals surface area (Å²) in [4.78, 5) is 22.9. The van der Waals surface area contributed by atoms with E-state index in [2.05, 4.69) is 25.5 Å². The van der Waals surface area contributed by atoms with Crippen LogP contribution in [-0.4, -0.2) is 42.3 Å². The second-order valence-electron chi connectivity index (χ2n) is 5.50. The summed E-state index contributed by atoms with van der Waals surface area (Å²) in [5.74, 6) is 1.000. The third-order valence-electron chi connectivity index (χ3n) is 3.58. The molecule has 0 saturated carbocycles. The minimum absolute atomic E-state index is 0.235. The number of halogens is 2. The SMILES string of the molecule is CC.Cc1cc(N2CCOCC2)nc(NC(=O)Nc2ccc(Cl)c(Cl)c2)n1. The molecule has 1 aliphatic heterocycles. The Labute approximate surface area is 169 Å². The van der Waals surface area contributed by atoms with Gasteiger partial charge >= 0.3 is 6.03 Å². The summed E-state index contributed by atoms with van der Waals surface area (Å²) in [5, 5.41) is 6.09. The molecule has 2 N–H and O–H groups in total. The number of carbonyl (C=O) groups is 1. The third kappa shape index (κ3) is 6.23. The Balaban J connectivity index is 0.00000126. The summed E-state index contributed by atoms with van der Waals surface area (Å²) in [5.41, 5.74) is 1.29. The molecule has 7 nitrogen and oxygen atoms in total. The molecule has 0 aliphatic carbocycles. The Morgan fingerprint density at radius 2 is 1.78 bits per heavy atom. The van der Waals surface area contributed by atoms with Gasteiger partial charge in [0, 0.05) is 30.5 Å². The highest BCUT2D eigenvalue weighted by molar-refractivity contribution is 6.42. The number of benzene rings is 1. The maximum Gasteiger partial charge on any atom is 0.326 e. The summed E-state index contributed by atoms with van der Waals surface area (Å²) in [6.45, 7) is 8.68. The van der Waals surface area contributed by atoms with Gasteiger partial charge in [0.15, 0.2) is 0 Å². The van der Waals surface area contributed by atoms with Gasteiger partial charge in [-0.25, -0.2) is 9.78 Å². The van der Waals surface area contributed by atoms with Gasteiger partial charge in [0.1, 0.15) is 5.82 Å². The first kappa shape index (κ1) is 21.2. The van der Waals surface area contributed by atoms with Crippen molar-refractivity contribution in [1.82, 2.24) is 9.97 Å². The maximum atomic E-state index is 12.2. The zero-order valence-electron chi connectivity index (χ0n) is 15.6. The van der Waals surface area contributed by atoms with E-state index in [-0.39, 0.29) is 5.95 Å². The molecule has 0 unspecified atom stereocenters. The second kappa shape index (κ2) is 10.3. The Hall–Kier alpha value is -2.09. The van der Waals surface area contributed by atoms with E-state index in [1.54, 1.807) is 18.2 Å². The van der Waals surface area contributed by atoms with Crippen molar-refractivity contribution in [1.29, 1.82) is 0 Å². The lowest BCUT2D eigenvalue weighted by Crippen LogP contribution is -2.37. The molecule has 3 rings (SSSR count). The van der Waals surface area contributed by atoms with Gasteiger partial charge in [-0.1, -0.05) is 37.0 Å². The fraction of sp³-hybridized carbons (Fsp3) is 0.389. The largest absolute Gasteiger partial charge is 0.378 e. The van der Waals surface area contributed by atoms with E-state index in [9.17, 15) is 4.79 Å². The van der Waals surface area contributed by atoms with Crippen molar-refractivity contribution < 1.29 is 9.53 Å². The van der Waals surface area contributed by atoms with Crippen LogP contribution in [0.15, 0.2) is 24.3 Å². The highest BCUT2D eigenvalue weighted by atomic mass is 35.5. The topological polar surface area (TPSA) is 79.4 Å². The van der Waals surface area contributed by atoms with Crippen molar-refractivity contribution in [3.8, 4) is 0 Å². The van der Waals surface area contributed by atoms with E-state index in [1.807, 2.05) is 26.8 Å². The minimum Gasteiger partial charge on any atom is -0.378 e. The average Bonchev–Trinajstić information content (AvgIpc) is 2.66. The molecule has 2 amide bonds. The molecule has 1 aromatic carbocycles. The standard InChI is InChI=1S/C16H17Cl2N5O2.C2H6/c1-10-8-14(23-4-6-25-7-5-23)21-15(19-10)22-16(24)20-11-2-3-12(17)13(18)9-11;1-2/h2-3,8-9H,4-7H2,1H3,(H2,19,20,21,22,24);1-2H3. The van der Waals surface area contributed by atoms with E-state index in [0.717, 1.165) is 24.6 Å². The zero-order chi connectivity index (χ0) is 19.8. The first-order chi connectivity index (χ1) is 13.0. The van der Waals surface area contributed by atoms with Crippen LogP contribution in [0, 0.1) is 6.92 Å². The molecule has 0 bridgehead atoms. The van der Waals surface area contributed by atoms with Crippen molar-refractivity contribution in [2.45, 2.75) is 20.8 Å². The highest BCUT2D eigenvalue weighted by Crippen LogP contribution is 2.25. The van der Waals surface area contributed by atoms with Gasteiger partial charge in [-0.2, -0.15) is 4.98 Å². The fourth-order valence-electron chi connectivity index (χ4n) is 2.40. The van der Waals surface area contributed by atoms with Crippen LogP contribution < -0.4 is 15.5 Å². The molecule has 1 fully saturated rings. The van der Waals surface area contributed by atoms with Crippen LogP contribution in [0.2, 0.25) is 10.0 Å². The van der Waals surface area contributed by atoms with Crippen LogP contribution in [-0.2, 0) is 4.74 Å². The third-order valence-corrected chi connectivity index (χ3v) is 4.32. The number of hydrogen-bond donors (Lipinski definition) is 2. The molecule has 2 aromatic rings. The summed E-state index contributed by atoms with van der Waals surface area (Å²) < 4.78 is 5.35. The number of morpholine rings is 1. The van der Waals surface area contributed by atoms with Crippen LogP contribution in [0.1, 0.15) is 19.5 Å². The summed E-state index contributed by atoms with van der Waals surface area (Å²) in [6, 6.07) is 6.26. The van der Waals surface area contributed by atoms with Crippen LogP contribution in [0.3, 0.4) is 0 Å². The van der Waals surface area contributed by atoms with Gasteiger partial charge < -0.3 is 15.0 Å². The number of nitrogens with one attached hydrogen (secondary N) is 2. The van der Waals surface area contributed by atoms with E-state index < -0.39 is 6.03 Å². The van der Waals surface area contributed by atoms with E-state index in [4.69, 9.17) is 27.9 Å². The smallest absolute Gasteiger partial charge is 0.326 e. The Morgan fingerprint density at radius 3 is 2.44 bits per heavy atom. The van der Waals surface area contributed by atoms with Crippen LogP contribution >= 0.6 is 23.2 Å². The van der Waals surface area contributed by atoms with Crippen molar-refractivity contribution in [2.24, 2.45) is 0 Å². The van der Waals surface area contributed by atoms with Gasteiger partial charge in [0.05, 0.1) is 23.3 Å². The maximum absolute atomic E-state index is 12.2. The number of hydrogen-bond acceptors (Lipinski definition) is 5. The molecule has 1 aliphatic rings. The molecule has 0 radical (unpaired) electrons. The fourth-order valence-corrected chi connectivity index (χ4v) is 2.70. The summed E-state index contributed by atoms with van der Waals surface area (Å²) in [7, 11) is 0. The molecule has 1 aromatic heterocycles. The zero-order valence-corrected chi connectivity index (χ0v) is 17.1. The molecule has 2 heterocycles. The van der Waals surface area contributed by atoms with Gasteiger partial charge in [-0.15, -0.1) is 0 Å². The highest BCUT2D eigenvalue weighted by Gasteiger charge is 2.15. The minimum atomic E-state index is -0.461. The number of nitrogens with zero attached hydrogens (tertiary/aromatic N) is 3. The molecule has 1 saturated heterocycles. The van der Waals surface area contributed by atoms with Crippen LogP contribution in [0.4, 0.5) is 22.2 Å². The predicted octanol–water partition coefficient (Wildman–Crippen LogP) is 4.60. The predicted molar refractivity (Wildman–Crippen MR) is 110 cm³/mol. The van der Waals surface area contributed by atoms with Gasteiger partial charge in [-0.05, 0) is 25.1 Å². The lowest BCUT2D eigenvalue weighted by atomic mass is 10.3. The van der Waals surface area contributed by atoms with E-state index in [1.165, 1.54) is 0 Å². The lowest BCUT2D eigenvalue weighted by molar-refractivity contribution is 0.122. The van der Waals surface area contributed by atoms with Crippen LogP contribution in [0.5, 0.6) is 0 Å². The van der Waals surface area contributed by atoms with E-state index >= 15 is 0 Å². The van der Waals surface area contributed by atoms with Crippen molar-refractivity contribution in [3.05, 3.63) is 40.0 Å². The molecule has 0 atom stereocenters. The average molecular weight is 412 g/mol. The van der Waals surface area contributed by atoms with Crippen molar-refractivity contribution in [3.63, 3.8) is 0 Å². The van der Waals surface area contributed by atoms with Gasteiger partial charge in [0.25, 0.3) is 0 Å². The number of anilines is 3. The van der Waals surface area contributed by atoms with E-state index in [0.29, 0.717) is 28.9 Å². The Kier molecular flexibility index (Phi) is 8.09. The van der Waals surface area contributed by atoms with Crippen LogP contribution in [0.25, 0.3) is 0 Å². The lowest BCUT2D eigenvalue weighted by Gasteiger charge is -2.28. The van der Waals surface area contributed by atoms with Crippen molar-refractivity contribution >= 4 is 46.7 Å². The first-order valence-corrected chi connectivity index (χ1v) is 9.48. The van der Waals surface area contributed by atoms with Crippen molar-refractivity contribution in [2.75, 3.05) is 41.8 Å². The number of carbonyl (C=O) groups excluding carboxylic acids is 1. The normalized spacial score (nSPS) is 13.4. The monoisotopic (exact) mass is 411 g/mol. The molecule has 27 heavy (non-hydrogen) atoms. The number of ether oxygens (including phenoxy) is 1. The second-order valence-corrected chi connectivity index (χ2v) is 6.31. The van der Waals surface area contributed by atoms with Gasteiger partial charge in [0.2, 0.25) is 5.95 Å². The molecular weight excluding hydrogens is 389 g/mol. The Morgan fingerprint density at radius 1 is 1.07 bits per heavy atom. The summed E-state index contributed by atoms with van der Waals surface area (Å²) in [6.07, 6.45) is 0. The number of urea groups is 1. The molecule has 146 valence electrons. The number of aromatic nitrogens is 2. The number of aryl methyl sites for hydroxylation is 1. The quantitative estimate of drug-likeness (QED) is 0.771. The Bertz CT molecular complexity index is 782. The number of amides is 2.